The highest BCUT2D eigenvalue weighted by Crippen LogP contribution is 2.17. The fourth-order valence-corrected chi connectivity index (χ4v) is 1.46. The fourth-order valence-electron chi connectivity index (χ4n) is 1.46. The van der Waals surface area contributed by atoms with Crippen LogP contribution >= 0.6 is 0 Å². The van der Waals surface area contributed by atoms with E-state index in [0.717, 1.165) is 6.42 Å². The monoisotopic (exact) mass is 254 g/mol. The number of hydrogen-bond donors (Lipinski definition) is 0. The summed E-state index contributed by atoms with van der Waals surface area (Å²) in [5.74, 6) is -0.334. The van der Waals surface area contributed by atoms with Crippen LogP contribution in [0.25, 0.3) is 6.08 Å². The Labute approximate surface area is 103 Å². The Hall–Kier alpha value is -2.25. The van der Waals surface area contributed by atoms with Gasteiger partial charge in [0, 0.05) is 6.42 Å². The highest BCUT2D eigenvalue weighted by atomic mass is 16.6. The summed E-state index contributed by atoms with van der Waals surface area (Å²) in [5, 5.41) is 21.4. The summed E-state index contributed by atoms with van der Waals surface area (Å²) in [6.45, 7) is 1.94. The summed E-state index contributed by atoms with van der Waals surface area (Å²) in [4.78, 5) is 23.9. The number of hydrogen-bond acceptors (Lipinski definition) is 5. The van der Waals surface area contributed by atoms with Crippen molar-refractivity contribution in [2.45, 2.75) is 26.2 Å². The fraction of sp³-hybridized carbons (Fsp3) is 0.500. The summed E-state index contributed by atoms with van der Waals surface area (Å²) in [6.07, 6.45) is 4.47. The second-order valence-corrected chi connectivity index (χ2v) is 3.80. The Kier molecular flexibility index (Phi) is 4.52. The third kappa shape index (κ3) is 3.12. The molecule has 1 aromatic rings. The number of aromatic nitrogens is 2. The molecule has 0 N–H and O–H groups in total. The average Bonchev–Trinajstić information content (AvgIpc) is 2.65. The van der Waals surface area contributed by atoms with Gasteiger partial charge in [-0.3, -0.25) is 10.1 Å². The maximum atomic E-state index is 10.8. The Morgan fingerprint density at radius 2 is 2.17 bits per heavy atom. The van der Waals surface area contributed by atoms with Crippen molar-refractivity contribution < 1.29 is 9.85 Å². The first-order valence-corrected chi connectivity index (χ1v) is 5.48. The second kappa shape index (κ2) is 5.89. The summed E-state index contributed by atoms with van der Waals surface area (Å²) in [7, 11) is 1.45. The van der Waals surface area contributed by atoms with Gasteiger partial charge in [0.1, 0.15) is 11.9 Å². The first-order chi connectivity index (χ1) is 8.47. The molecule has 0 aliphatic rings. The number of nitro groups is 2. The first-order valence-electron chi connectivity index (χ1n) is 5.48. The predicted molar refractivity (Wildman–Crippen MR) is 64.4 cm³/mol. The zero-order valence-corrected chi connectivity index (χ0v) is 10.2. The molecule has 0 amide bonds. The minimum absolute atomic E-state index is 0.0368. The molecule has 1 aromatic heterocycles. The van der Waals surface area contributed by atoms with Crippen LogP contribution < -0.4 is 0 Å². The molecular formula is C10H14N4O4. The molecule has 1 rings (SSSR count). The lowest BCUT2D eigenvalue weighted by molar-refractivity contribution is -0.426. The zero-order chi connectivity index (χ0) is 13.7. The van der Waals surface area contributed by atoms with Crippen molar-refractivity contribution >= 4 is 12.0 Å². The van der Waals surface area contributed by atoms with E-state index in [1.165, 1.54) is 23.9 Å². The van der Waals surface area contributed by atoms with Gasteiger partial charge >= 0.3 is 5.95 Å². The number of allylic oxidation sites excluding steroid dienone is 1. The second-order valence-electron chi connectivity index (χ2n) is 3.80. The zero-order valence-electron chi connectivity index (χ0n) is 10.2. The molecule has 8 nitrogen and oxygen atoms in total. The molecule has 0 aromatic carbocycles. The van der Waals surface area contributed by atoms with Crippen LogP contribution in [-0.4, -0.2) is 19.4 Å². The lowest BCUT2D eigenvalue weighted by atomic mass is 10.2. The standard InChI is InChI=1S/C10H14N4O4/c1-3-4-5-8(13(15)16)6-9-7-11-10(12(9)2)14(17)18/h6-7H,3-5H2,1-2H3/b8-6-. The molecule has 98 valence electrons. The van der Waals surface area contributed by atoms with Gasteiger partial charge < -0.3 is 10.1 Å². The van der Waals surface area contributed by atoms with Gasteiger partial charge in [0.2, 0.25) is 5.70 Å². The third-order valence-corrected chi connectivity index (χ3v) is 2.50. The Bertz CT molecular complexity index is 492. The molecule has 0 aliphatic heterocycles. The molecule has 0 saturated carbocycles. The summed E-state index contributed by atoms with van der Waals surface area (Å²) in [6, 6.07) is 0. The average molecular weight is 254 g/mol. The molecule has 0 spiro atoms. The van der Waals surface area contributed by atoms with Crippen molar-refractivity contribution in [1.82, 2.24) is 9.55 Å². The summed E-state index contributed by atoms with van der Waals surface area (Å²) < 4.78 is 1.22. The van der Waals surface area contributed by atoms with Gasteiger partial charge in [0.05, 0.1) is 18.0 Å². The van der Waals surface area contributed by atoms with E-state index in [0.29, 0.717) is 18.5 Å². The van der Waals surface area contributed by atoms with Crippen molar-refractivity contribution in [3.05, 3.63) is 37.8 Å². The van der Waals surface area contributed by atoms with Crippen LogP contribution in [0.3, 0.4) is 0 Å². The van der Waals surface area contributed by atoms with Gasteiger partial charge in [-0.05, 0) is 11.3 Å². The van der Waals surface area contributed by atoms with E-state index in [-0.39, 0.29) is 11.6 Å². The molecule has 0 radical (unpaired) electrons. The molecule has 18 heavy (non-hydrogen) atoms. The number of nitrogens with zero attached hydrogens (tertiary/aromatic N) is 4. The van der Waals surface area contributed by atoms with Gasteiger partial charge in [-0.2, -0.15) is 0 Å². The summed E-state index contributed by atoms with van der Waals surface area (Å²) >= 11 is 0. The molecule has 1 heterocycles. The molecule has 8 heteroatoms. The maximum absolute atomic E-state index is 10.8. The lowest BCUT2D eigenvalue weighted by Gasteiger charge is -1.98. The molecule has 0 fully saturated rings. The van der Waals surface area contributed by atoms with E-state index in [1.807, 2.05) is 6.92 Å². The van der Waals surface area contributed by atoms with E-state index in [1.54, 1.807) is 0 Å². The van der Waals surface area contributed by atoms with Crippen LogP contribution in [0.1, 0.15) is 31.9 Å². The van der Waals surface area contributed by atoms with E-state index in [4.69, 9.17) is 0 Å². The molecule has 0 bridgehead atoms. The molecule has 0 unspecified atom stereocenters. The molecule has 0 saturated heterocycles. The van der Waals surface area contributed by atoms with Crippen molar-refractivity contribution in [2.24, 2.45) is 7.05 Å². The molecule has 0 aliphatic carbocycles. The van der Waals surface area contributed by atoms with Crippen molar-refractivity contribution in [1.29, 1.82) is 0 Å². The van der Waals surface area contributed by atoms with Crippen LogP contribution in [0.2, 0.25) is 0 Å². The number of imidazole rings is 1. The maximum Gasteiger partial charge on any atom is 0.434 e. The Morgan fingerprint density at radius 1 is 1.50 bits per heavy atom. The summed E-state index contributed by atoms with van der Waals surface area (Å²) in [5.41, 5.74) is 0.388. The van der Waals surface area contributed by atoms with Gasteiger partial charge in [-0.25, -0.2) is 4.57 Å². The highest BCUT2D eigenvalue weighted by molar-refractivity contribution is 5.48. The normalized spacial score (nSPS) is 11.6. The van der Waals surface area contributed by atoms with Crippen LogP contribution in [0, 0.1) is 20.2 Å². The highest BCUT2D eigenvalue weighted by Gasteiger charge is 2.19. The van der Waals surface area contributed by atoms with Crippen molar-refractivity contribution in [3.63, 3.8) is 0 Å². The van der Waals surface area contributed by atoms with Crippen LogP contribution in [-0.2, 0) is 7.05 Å². The lowest BCUT2D eigenvalue weighted by Crippen LogP contribution is -2.02. The van der Waals surface area contributed by atoms with E-state index >= 15 is 0 Å². The van der Waals surface area contributed by atoms with E-state index in [9.17, 15) is 20.2 Å². The molecular weight excluding hydrogens is 240 g/mol. The van der Waals surface area contributed by atoms with Gasteiger partial charge in [0.25, 0.3) is 0 Å². The van der Waals surface area contributed by atoms with Crippen LogP contribution in [0.15, 0.2) is 11.9 Å². The Morgan fingerprint density at radius 3 is 2.61 bits per heavy atom. The first kappa shape index (κ1) is 13.8. The minimum atomic E-state index is -0.630. The number of rotatable bonds is 6. The van der Waals surface area contributed by atoms with Crippen LogP contribution in [0.5, 0.6) is 0 Å². The predicted octanol–water partition coefficient (Wildman–Crippen LogP) is 2.14. The third-order valence-electron chi connectivity index (χ3n) is 2.50. The minimum Gasteiger partial charge on any atom is -0.390 e. The quantitative estimate of drug-likeness (QED) is 0.571. The largest absolute Gasteiger partial charge is 0.434 e. The van der Waals surface area contributed by atoms with Gasteiger partial charge in [-0.1, -0.05) is 18.3 Å². The van der Waals surface area contributed by atoms with E-state index in [2.05, 4.69) is 4.98 Å². The SMILES string of the molecule is CCCC/C(=C/c1cnc([N+](=O)[O-])n1C)[N+](=O)[O-]. The van der Waals surface area contributed by atoms with Gasteiger partial charge in [-0.15, -0.1) is 0 Å². The Balaban J connectivity index is 3.04. The van der Waals surface area contributed by atoms with Crippen molar-refractivity contribution in [3.8, 4) is 0 Å². The van der Waals surface area contributed by atoms with Crippen molar-refractivity contribution in [2.75, 3.05) is 0 Å². The number of unbranched alkanes of at least 4 members (excludes halogenated alkanes) is 1. The van der Waals surface area contributed by atoms with Crippen LogP contribution in [0.4, 0.5) is 5.95 Å². The van der Waals surface area contributed by atoms with E-state index < -0.39 is 9.85 Å². The van der Waals surface area contributed by atoms with Gasteiger partial charge in [0.15, 0.2) is 0 Å². The topological polar surface area (TPSA) is 104 Å². The molecule has 0 atom stereocenters. The smallest absolute Gasteiger partial charge is 0.390 e.